The fourth-order valence-corrected chi connectivity index (χ4v) is 10.4. The molecule has 10 heteroatoms. The van der Waals surface area contributed by atoms with Crippen LogP contribution in [0, 0.1) is 23.7 Å². The van der Waals surface area contributed by atoms with Gasteiger partial charge in [-0.3, -0.25) is 0 Å². The fraction of sp³-hybridized carbons (Fsp3) is 0.826. The zero-order valence-electron chi connectivity index (χ0n) is 35.3. The molecule has 0 aromatic carbocycles. The van der Waals surface area contributed by atoms with E-state index in [1.165, 1.54) is 0 Å². The van der Waals surface area contributed by atoms with E-state index >= 15 is 0 Å². The lowest BCUT2D eigenvalue weighted by Gasteiger charge is -2.45. The highest BCUT2D eigenvalue weighted by atomic mass is 16.6. The van der Waals surface area contributed by atoms with E-state index in [0.717, 1.165) is 154 Å². The maximum absolute atomic E-state index is 13.7. The van der Waals surface area contributed by atoms with Gasteiger partial charge >= 0.3 is 24.1 Å². The average molecular weight is 783 g/mol. The molecular formula is C46H74N2O8. The molecule has 0 aromatic rings. The van der Waals surface area contributed by atoms with Gasteiger partial charge in [0.1, 0.15) is 24.4 Å². The van der Waals surface area contributed by atoms with Crippen molar-refractivity contribution in [2.75, 3.05) is 0 Å². The summed E-state index contributed by atoms with van der Waals surface area (Å²) in [6.07, 6.45) is 20.8. The molecule has 0 aromatic heterocycles. The van der Waals surface area contributed by atoms with Crippen LogP contribution in [-0.2, 0) is 28.5 Å². The van der Waals surface area contributed by atoms with E-state index in [9.17, 15) is 19.2 Å². The Morgan fingerprint density at radius 3 is 1.14 bits per heavy atom. The molecular weight excluding hydrogens is 709 g/mol. The monoisotopic (exact) mass is 783 g/mol. The number of rotatable bonds is 14. The van der Waals surface area contributed by atoms with Crippen LogP contribution in [-0.4, -0.2) is 59.6 Å². The Bertz CT molecular complexity index is 1250. The predicted octanol–water partition coefficient (Wildman–Crippen LogP) is 10.6. The molecule has 5 saturated carbocycles. The molecule has 0 bridgehead atoms. The number of carbonyl (C=O) groups excluding carboxylic acids is 4. The topological polar surface area (TPSA) is 129 Å². The quantitative estimate of drug-likeness (QED) is 0.101. The molecule has 0 spiro atoms. The van der Waals surface area contributed by atoms with Crippen LogP contribution >= 0.6 is 0 Å². The van der Waals surface area contributed by atoms with Gasteiger partial charge in [-0.2, -0.15) is 0 Å². The van der Waals surface area contributed by atoms with E-state index < -0.39 is 47.4 Å². The maximum atomic E-state index is 13.7. The second-order valence-electron chi connectivity index (χ2n) is 19.1. The second-order valence-corrected chi connectivity index (χ2v) is 19.1. The van der Waals surface area contributed by atoms with E-state index in [-0.39, 0.29) is 47.0 Å². The molecule has 2 amide bonds. The minimum absolute atomic E-state index is 0.0344. The fourth-order valence-electron chi connectivity index (χ4n) is 10.4. The van der Waals surface area contributed by atoms with Crippen molar-refractivity contribution in [2.45, 2.75) is 217 Å². The van der Waals surface area contributed by atoms with Crippen molar-refractivity contribution in [1.29, 1.82) is 0 Å². The largest absolute Gasteiger partial charge is 0.459 e. The van der Waals surface area contributed by atoms with E-state index in [1.807, 2.05) is 27.7 Å². The summed E-state index contributed by atoms with van der Waals surface area (Å²) >= 11 is 0. The molecule has 0 saturated heterocycles. The summed E-state index contributed by atoms with van der Waals surface area (Å²) in [6, 6.07) is 0. The van der Waals surface area contributed by atoms with Crippen LogP contribution in [0.1, 0.15) is 182 Å². The molecule has 10 nitrogen and oxygen atoms in total. The van der Waals surface area contributed by atoms with Crippen LogP contribution in [0.2, 0.25) is 0 Å². The van der Waals surface area contributed by atoms with Gasteiger partial charge in [0.05, 0.1) is 11.1 Å². The molecule has 5 rings (SSSR count). The van der Waals surface area contributed by atoms with Crippen molar-refractivity contribution in [2.24, 2.45) is 23.7 Å². The highest BCUT2D eigenvalue weighted by Crippen LogP contribution is 2.41. The number of nitrogens with one attached hydrogen (secondary N) is 2. The lowest BCUT2D eigenvalue weighted by Crippen LogP contribution is -2.55. The Balaban J connectivity index is 1.18. The Morgan fingerprint density at radius 2 is 0.804 bits per heavy atom. The highest BCUT2D eigenvalue weighted by Gasteiger charge is 2.43. The minimum Gasteiger partial charge on any atom is -0.459 e. The Hall–Kier alpha value is -3.04. The Morgan fingerprint density at radius 1 is 0.482 bits per heavy atom. The van der Waals surface area contributed by atoms with Crippen molar-refractivity contribution in [3.8, 4) is 0 Å². The molecule has 4 unspecified atom stereocenters. The molecule has 56 heavy (non-hydrogen) atoms. The maximum Gasteiger partial charge on any atom is 0.408 e. The molecule has 0 radical (unpaired) electrons. The van der Waals surface area contributed by atoms with Gasteiger partial charge in [-0.1, -0.05) is 70.9 Å². The van der Waals surface area contributed by atoms with Gasteiger partial charge in [0.25, 0.3) is 0 Å². The summed E-state index contributed by atoms with van der Waals surface area (Å²) in [6.45, 7) is 16.4. The number of alkyl carbamates (subject to hydrolysis) is 2. The van der Waals surface area contributed by atoms with Gasteiger partial charge < -0.3 is 29.6 Å². The van der Waals surface area contributed by atoms with E-state index in [1.54, 1.807) is 0 Å². The number of amides is 2. The van der Waals surface area contributed by atoms with Gasteiger partial charge in [0.15, 0.2) is 0 Å². The minimum atomic E-state index is -0.724. The third kappa shape index (κ3) is 12.5. The van der Waals surface area contributed by atoms with Gasteiger partial charge in [0.2, 0.25) is 0 Å². The normalized spacial score (nSPS) is 24.9. The second kappa shape index (κ2) is 20.6. The number of esters is 2. The summed E-state index contributed by atoms with van der Waals surface area (Å²) in [5.74, 6) is -0.599. The van der Waals surface area contributed by atoms with Crippen molar-refractivity contribution in [1.82, 2.24) is 10.6 Å². The molecule has 5 fully saturated rings. The molecule has 4 atom stereocenters. The first-order valence-corrected chi connectivity index (χ1v) is 22.5. The number of hydrogen-bond acceptors (Lipinski definition) is 8. The highest BCUT2D eigenvalue weighted by molar-refractivity contribution is 5.90. The van der Waals surface area contributed by atoms with Crippen LogP contribution in [0.15, 0.2) is 24.3 Å². The van der Waals surface area contributed by atoms with Crippen LogP contribution in [0.4, 0.5) is 9.59 Å². The lowest BCUT2D eigenvalue weighted by molar-refractivity contribution is -0.148. The molecule has 0 aliphatic heterocycles. The first kappa shape index (κ1) is 44.1. The van der Waals surface area contributed by atoms with Crippen molar-refractivity contribution in [3.63, 3.8) is 0 Å². The van der Waals surface area contributed by atoms with Gasteiger partial charge in [-0.05, 0) is 136 Å². The van der Waals surface area contributed by atoms with Crippen molar-refractivity contribution >= 4 is 24.1 Å². The summed E-state index contributed by atoms with van der Waals surface area (Å²) in [5, 5.41) is 6.36. The molecule has 316 valence electrons. The van der Waals surface area contributed by atoms with Crippen molar-refractivity contribution in [3.05, 3.63) is 24.3 Å². The number of hydrogen-bond donors (Lipinski definition) is 2. The van der Waals surface area contributed by atoms with Gasteiger partial charge in [0, 0.05) is 22.9 Å². The van der Waals surface area contributed by atoms with E-state index in [4.69, 9.17) is 18.9 Å². The van der Waals surface area contributed by atoms with Crippen LogP contribution in [0.25, 0.3) is 0 Å². The third-order valence-corrected chi connectivity index (χ3v) is 14.1. The van der Waals surface area contributed by atoms with Crippen LogP contribution in [0.5, 0.6) is 0 Å². The van der Waals surface area contributed by atoms with Crippen LogP contribution < -0.4 is 10.6 Å². The zero-order chi connectivity index (χ0) is 40.3. The predicted molar refractivity (Wildman–Crippen MR) is 218 cm³/mol. The van der Waals surface area contributed by atoms with Gasteiger partial charge in [-0.25, -0.2) is 19.2 Å². The Labute approximate surface area is 337 Å². The SMILES string of the molecule is C=C(C(=O)OC1CCCCC1)C(OC(=O)NC(C)(C)C1CCCC(C(C)(C)NC(=O)OC(C(=C)C(=O)OC2CCCCC2)C2CCCCC2)C1)C1CCCCC1. The summed E-state index contributed by atoms with van der Waals surface area (Å²) < 4.78 is 24.0. The standard InChI is InChI=1S/C46H74N2O8/c1-31(41(49)53-37-26-15-9-16-27-37)39(33-20-11-7-12-21-33)55-43(51)47-45(3,4)35-24-19-25-36(30-35)46(5,6)48-44(52)56-40(34-22-13-8-14-23-34)32(2)42(50)54-38-28-17-10-18-29-38/h33-40H,1-2,7-30H2,3-6H3,(H,47,51)(H,48,52). The third-order valence-electron chi connectivity index (χ3n) is 14.1. The summed E-state index contributed by atoms with van der Waals surface area (Å²) in [7, 11) is 0. The Kier molecular flexibility index (Phi) is 16.2. The molecule has 0 heterocycles. The first-order valence-electron chi connectivity index (χ1n) is 22.5. The van der Waals surface area contributed by atoms with Crippen LogP contribution in [0.3, 0.4) is 0 Å². The van der Waals surface area contributed by atoms with Crippen molar-refractivity contribution < 1.29 is 38.1 Å². The first-order chi connectivity index (χ1) is 26.7. The average Bonchev–Trinajstić information content (AvgIpc) is 3.19. The lowest BCUT2D eigenvalue weighted by atomic mass is 9.67. The summed E-state index contributed by atoms with van der Waals surface area (Å²) in [5.41, 5.74) is -0.752. The van der Waals surface area contributed by atoms with E-state index in [2.05, 4.69) is 23.8 Å². The van der Waals surface area contributed by atoms with E-state index in [0.29, 0.717) is 0 Å². The molecule has 2 N–H and O–H groups in total. The summed E-state index contributed by atoms with van der Waals surface area (Å²) in [4.78, 5) is 54.0. The zero-order valence-corrected chi connectivity index (χ0v) is 35.3. The number of carbonyl (C=O) groups is 4. The number of ether oxygens (including phenoxy) is 4. The van der Waals surface area contributed by atoms with Gasteiger partial charge in [-0.15, -0.1) is 0 Å². The molecule has 5 aliphatic rings. The smallest absolute Gasteiger partial charge is 0.408 e. The molecule has 5 aliphatic carbocycles.